The van der Waals surface area contributed by atoms with Crippen molar-refractivity contribution in [3.63, 3.8) is 0 Å². The van der Waals surface area contributed by atoms with Crippen LogP contribution in [-0.4, -0.2) is 33.2 Å². The zero-order chi connectivity index (χ0) is 14.5. The van der Waals surface area contributed by atoms with E-state index in [1.165, 1.54) is 16.4 Å². The molecule has 8 heteroatoms. The molecule has 0 unspecified atom stereocenters. The number of aromatic nitrogens is 3. The molecule has 2 aromatic rings. The van der Waals surface area contributed by atoms with Crippen molar-refractivity contribution in [2.75, 3.05) is 18.2 Å². The lowest BCUT2D eigenvalue weighted by molar-refractivity contribution is -0.139. The number of rotatable bonds is 5. The topological polar surface area (TPSA) is 83.0 Å². The second-order valence-corrected chi connectivity index (χ2v) is 5.16. The molecule has 0 atom stereocenters. The van der Waals surface area contributed by atoms with E-state index in [0.29, 0.717) is 22.6 Å². The van der Waals surface area contributed by atoms with Gasteiger partial charge in [-0.2, -0.15) is 0 Å². The van der Waals surface area contributed by atoms with Crippen molar-refractivity contribution < 1.29 is 9.53 Å². The molecule has 1 aromatic carbocycles. The summed E-state index contributed by atoms with van der Waals surface area (Å²) in [6.45, 7) is 2.11. The van der Waals surface area contributed by atoms with Crippen LogP contribution in [0.3, 0.4) is 0 Å². The summed E-state index contributed by atoms with van der Waals surface area (Å²) in [5, 5.41) is 9.05. The molecule has 106 valence electrons. The van der Waals surface area contributed by atoms with Crippen LogP contribution >= 0.6 is 23.4 Å². The molecule has 0 aliphatic heterocycles. The number of hydrogen-bond acceptors (Lipinski definition) is 6. The first-order valence-corrected chi connectivity index (χ1v) is 7.23. The number of nitrogen functional groups attached to an aromatic ring is 1. The Kier molecular flexibility index (Phi) is 4.86. The number of esters is 1. The first-order chi connectivity index (χ1) is 9.61. The molecule has 0 radical (unpaired) electrons. The Hall–Kier alpha value is -1.73. The molecule has 2 rings (SSSR count). The van der Waals surface area contributed by atoms with Crippen LogP contribution in [0.2, 0.25) is 5.02 Å². The molecule has 0 aliphatic rings. The van der Waals surface area contributed by atoms with Crippen molar-refractivity contribution in [2.24, 2.45) is 0 Å². The van der Waals surface area contributed by atoms with E-state index >= 15 is 0 Å². The van der Waals surface area contributed by atoms with Crippen LogP contribution in [0.5, 0.6) is 0 Å². The SMILES string of the molecule is CCOC(=O)CSc1nnc(-c2ccc(Cl)cc2)n1N. The smallest absolute Gasteiger partial charge is 0.316 e. The molecule has 0 saturated heterocycles. The van der Waals surface area contributed by atoms with E-state index in [-0.39, 0.29) is 11.7 Å². The zero-order valence-corrected chi connectivity index (χ0v) is 12.3. The first-order valence-electron chi connectivity index (χ1n) is 5.86. The Bertz CT molecular complexity index is 600. The van der Waals surface area contributed by atoms with E-state index in [9.17, 15) is 4.79 Å². The molecule has 0 fully saturated rings. The molecular weight excluding hydrogens is 300 g/mol. The van der Waals surface area contributed by atoms with Crippen molar-refractivity contribution in [3.8, 4) is 11.4 Å². The van der Waals surface area contributed by atoms with Gasteiger partial charge in [-0.25, -0.2) is 4.68 Å². The third-order valence-corrected chi connectivity index (χ3v) is 3.56. The Morgan fingerprint density at radius 1 is 1.40 bits per heavy atom. The van der Waals surface area contributed by atoms with Crippen LogP contribution in [0.4, 0.5) is 0 Å². The summed E-state index contributed by atoms with van der Waals surface area (Å²) in [5.74, 6) is 6.26. The van der Waals surface area contributed by atoms with Crippen LogP contribution in [0.25, 0.3) is 11.4 Å². The average molecular weight is 313 g/mol. The maximum Gasteiger partial charge on any atom is 0.316 e. The summed E-state index contributed by atoms with van der Waals surface area (Å²) in [5.41, 5.74) is 0.799. The van der Waals surface area contributed by atoms with Gasteiger partial charge in [-0.3, -0.25) is 4.79 Å². The van der Waals surface area contributed by atoms with Crippen LogP contribution in [0, 0.1) is 0 Å². The monoisotopic (exact) mass is 312 g/mol. The highest BCUT2D eigenvalue weighted by Gasteiger charge is 2.13. The maximum atomic E-state index is 11.3. The van der Waals surface area contributed by atoms with Gasteiger partial charge in [0.1, 0.15) is 0 Å². The van der Waals surface area contributed by atoms with Crippen molar-refractivity contribution in [2.45, 2.75) is 12.1 Å². The van der Waals surface area contributed by atoms with Gasteiger partial charge in [-0.05, 0) is 31.2 Å². The number of carbonyl (C=O) groups is 1. The summed E-state index contributed by atoms with van der Waals surface area (Å²) in [6.07, 6.45) is 0. The fourth-order valence-electron chi connectivity index (χ4n) is 1.50. The second-order valence-electron chi connectivity index (χ2n) is 3.78. The van der Waals surface area contributed by atoms with Crippen LogP contribution < -0.4 is 5.84 Å². The molecule has 0 amide bonds. The van der Waals surface area contributed by atoms with Crippen molar-refractivity contribution >= 4 is 29.3 Å². The quantitative estimate of drug-likeness (QED) is 0.516. The van der Waals surface area contributed by atoms with E-state index in [0.717, 1.165) is 5.56 Å². The van der Waals surface area contributed by atoms with E-state index in [4.69, 9.17) is 22.2 Å². The van der Waals surface area contributed by atoms with E-state index in [1.54, 1.807) is 31.2 Å². The first kappa shape index (κ1) is 14.7. The van der Waals surface area contributed by atoms with Gasteiger partial charge in [-0.15, -0.1) is 10.2 Å². The van der Waals surface area contributed by atoms with Gasteiger partial charge < -0.3 is 10.6 Å². The summed E-state index contributed by atoms with van der Waals surface area (Å²) in [7, 11) is 0. The maximum absolute atomic E-state index is 11.3. The Balaban J connectivity index is 2.11. The van der Waals surface area contributed by atoms with E-state index in [1.807, 2.05) is 0 Å². The van der Waals surface area contributed by atoms with Gasteiger partial charge >= 0.3 is 5.97 Å². The van der Waals surface area contributed by atoms with Gasteiger partial charge in [0, 0.05) is 10.6 Å². The molecule has 6 nitrogen and oxygen atoms in total. The molecule has 0 bridgehead atoms. The predicted molar refractivity (Wildman–Crippen MR) is 78.0 cm³/mol. The number of benzene rings is 1. The summed E-state index contributed by atoms with van der Waals surface area (Å²) in [6, 6.07) is 7.10. The minimum absolute atomic E-state index is 0.143. The molecular formula is C12H13ClN4O2S. The molecule has 1 heterocycles. The standard InChI is InChI=1S/C12H13ClN4O2S/c1-2-19-10(18)7-20-12-16-15-11(17(12)14)8-3-5-9(13)6-4-8/h3-6H,2,7,14H2,1H3. The number of nitrogens with two attached hydrogens (primary N) is 1. The highest BCUT2D eigenvalue weighted by atomic mass is 35.5. The highest BCUT2D eigenvalue weighted by Crippen LogP contribution is 2.22. The Morgan fingerprint density at radius 3 is 2.75 bits per heavy atom. The molecule has 0 saturated carbocycles. The summed E-state index contributed by atoms with van der Waals surface area (Å²) < 4.78 is 6.18. The van der Waals surface area contributed by atoms with Crippen molar-refractivity contribution in [1.29, 1.82) is 0 Å². The summed E-state index contributed by atoms with van der Waals surface area (Å²) >= 11 is 7.01. The Morgan fingerprint density at radius 2 is 2.10 bits per heavy atom. The number of halogens is 1. The largest absolute Gasteiger partial charge is 0.465 e. The van der Waals surface area contributed by atoms with Gasteiger partial charge in [0.2, 0.25) is 5.16 Å². The minimum Gasteiger partial charge on any atom is -0.465 e. The van der Waals surface area contributed by atoms with Gasteiger partial charge in [0.25, 0.3) is 0 Å². The molecule has 0 spiro atoms. The number of nitrogens with zero attached hydrogens (tertiary/aromatic N) is 3. The van der Waals surface area contributed by atoms with Gasteiger partial charge in [0.15, 0.2) is 5.82 Å². The van der Waals surface area contributed by atoms with Crippen molar-refractivity contribution in [3.05, 3.63) is 29.3 Å². The zero-order valence-electron chi connectivity index (χ0n) is 10.7. The third-order valence-electron chi connectivity index (χ3n) is 2.39. The fourth-order valence-corrected chi connectivity index (χ4v) is 2.28. The van der Waals surface area contributed by atoms with Crippen molar-refractivity contribution in [1.82, 2.24) is 14.9 Å². The molecule has 1 aromatic heterocycles. The molecule has 2 N–H and O–H groups in total. The lowest BCUT2D eigenvalue weighted by Gasteiger charge is -2.04. The highest BCUT2D eigenvalue weighted by molar-refractivity contribution is 7.99. The lowest BCUT2D eigenvalue weighted by atomic mass is 10.2. The van der Waals surface area contributed by atoms with E-state index < -0.39 is 0 Å². The second kappa shape index (κ2) is 6.62. The van der Waals surface area contributed by atoms with Gasteiger partial charge in [-0.1, -0.05) is 23.4 Å². The number of ether oxygens (including phenoxy) is 1. The fraction of sp³-hybridized carbons (Fsp3) is 0.250. The van der Waals surface area contributed by atoms with Crippen LogP contribution in [0.1, 0.15) is 6.92 Å². The van der Waals surface area contributed by atoms with Crippen LogP contribution in [-0.2, 0) is 9.53 Å². The Labute approximate surface area is 125 Å². The number of thioether (sulfide) groups is 1. The lowest BCUT2D eigenvalue weighted by Crippen LogP contribution is -2.13. The third kappa shape index (κ3) is 3.43. The number of carbonyl (C=O) groups excluding carboxylic acids is 1. The average Bonchev–Trinajstić information content (AvgIpc) is 2.79. The summed E-state index contributed by atoms with van der Waals surface area (Å²) in [4.78, 5) is 11.3. The van der Waals surface area contributed by atoms with Gasteiger partial charge in [0.05, 0.1) is 12.4 Å². The molecule has 0 aliphatic carbocycles. The normalized spacial score (nSPS) is 10.5. The molecule has 20 heavy (non-hydrogen) atoms. The number of hydrogen-bond donors (Lipinski definition) is 1. The minimum atomic E-state index is -0.312. The van der Waals surface area contributed by atoms with E-state index in [2.05, 4.69) is 10.2 Å². The predicted octanol–water partition coefficient (Wildman–Crippen LogP) is 1.97. The van der Waals surface area contributed by atoms with Crippen LogP contribution in [0.15, 0.2) is 29.4 Å².